The Bertz CT molecular complexity index is 2660. The highest BCUT2D eigenvalue weighted by molar-refractivity contribution is 7.25. The summed E-state index contributed by atoms with van der Waals surface area (Å²) in [4.78, 5) is 21.8. The molecule has 0 radical (unpaired) electrons. The number of hydrogen-bond donors (Lipinski definition) is 0. The van der Waals surface area contributed by atoms with Gasteiger partial charge in [0.25, 0.3) is 0 Å². The Balaban J connectivity index is 0.000000192. The maximum atomic E-state index is 2.47. The lowest BCUT2D eigenvalue weighted by molar-refractivity contribution is 1.64. The zero-order valence-electron chi connectivity index (χ0n) is 33.4. The Hall–Kier alpha value is -3.48. The molecule has 9 heteroatoms. The molecular formula is C49H42S8Si. The van der Waals surface area contributed by atoms with Crippen molar-refractivity contribution in [2.24, 2.45) is 0 Å². The van der Waals surface area contributed by atoms with Gasteiger partial charge in [0.05, 0.1) is 0 Å². The quantitative estimate of drug-likeness (QED) is 0.133. The summed E-state index contributed by atoms with van der Waals surface area (Å²) in [6, 6.07) is 43.3. The maximum Gasteiger partial charge on any atom is 0.115 e. The highest BCUT2D eigenvalue weighted by Crippen LogP contribution is 2.47. The standard InChI is InChI=1S/C33H24S6.C16H18S2Si/c1-19-4-7-28(34-19)31-13-10-25(37-31)22-16-23(26-11-14-32(38-26)29-8-5-20(2)35-29)18-24(17-22)27-12-15-33(39-27)30-9-6-21(3)36-30;1-11-5-7-13(17-11)15-9-10-16(19(15,3)4)14-8-6-12(2)18-14/h4-18H,1-3H3;5-10H,1-4H3. The highest BCUT2D eigenvalue weighted by atomic mass is 32.1. The van der Waals surface area contributed by atoms with Crippen LogP contribution in [0.5, 0.6) is 0 Å². The fraction of sp³-hybridized carbons (Fsp3) is 0.143. The van der Waals surface area contributed by atoms with Crippen LogP contribution in [0.25, 0.3) is 71.0 Å². The van der Waals surface area contributed by atoms with Crippen molar-refractivity contribution in [3.63, 3.8) is 0 Å². The van der Waals surface area contributed by atoms with Gasteiger partial charge >= 0.3 is 0 Å². The molecule has 58 heavy (non-hydrogen) atoms. The van der Waals surface area contributed by atoms with Crippen molar-refractivity contribution in [3.8, 4) is 60.6 Å². The van der Waals surface area contributed by atoms with Crippen molar-refractivity contribution >= 4 is 109 Å². The first-order chi connectivity index (χ1) is 28.0. The molecule has 1 aliphatic heterocycles. The summed E-state index contributed by atoms with van der Waals surface area (Å²) in [5, 5.41) is 3.18. The monoisotopic (exact) mass is 914 g/mol. The molecule has 0 spiro atoms. The molecule has 0 saturated carbocycles. The molecule has 10 rings (SSSR count). The van der Waals surface area contributed by atoms with Gasteiger partial charge in [0.15, 0.2) is 0 Å². The Morgan fingerprint density at radius 2 is 0.500 bits per heavy atom. The van der Waals surface area contributed by atoms with Crippen LogP contribution < -0.4 is 0 Å². The van der Waals surface area contributed by atoms with E-state index in [9.17, 15) is 0 Å². The molecule has 0 nitrogen and oxygen atoms in total. The Morgan fingerprint density at radius 1 is 0.276 bits per heavy atom. The Labute approximate surface area is 375 Å². The molecule has 290 valence electrons. The normalized spacial score (nSPS) is 13.4. The van der Waals surface area contributed by atoms with E-state index >= 15 is 0 Å². The van der Waals surface area contributed by atoms with Crippen molar-refractivity contribution in [1.82, 2.24) is 0 Å². The first-order valence-electron chi connectivity index (χ1n) is 19.2. The second kappa shape index (κ2) is 16.5. The van der Waals surface area contributed by atoms with E-state index in [-0.39, 0.29) is 0 Å². The van der Waals surface area contributed by atoms with Crippen LogP contribution in [0, 0.1) is 34.6 Å². The van der Waals surface area contributed by atoms with Crippen LogP contribution in [0.1, 0.15) is 34.1 Å². The van der Waals surface area contributed by atoms with Gasteiger partial charge in [-0.2, -0.15) is 0 Å². The van der Waals surface area contributed by atoms with Crippen molar-refractivity contribution in [3.05, 3.63) is 162 Å². The number of hydrogen-bond acceptors (Lipinski definition) is 8. The third-order valence-electron chi connectivity index (χ3n) is 10.3. The summed E-state index contributed by atoms with van der Waals surface area (Å²) in [6.07, 6.45) is 4.73. The fourth-order valence-electron chi connectivity index (χ4n) is 7.30. The summed E-state index contributed by atoms with van der Waals surface area (Å²) in [6.45, 7) is 15.9. The Kier molecular flexibility index (Phi) is 11.4. The predicted molar refractivity (Wildman–Crippen MR) is 272 cm³/mol. The van der Waals surface area contributed by atoms with Crippen LogP contribution in [-0.4, -0.2) is 8.07 Å². The van der Waals surface area contributed by atoms with Gasteiger partial charge in [0, 0.05) is 78.0 Å². The number of benzene rings is 1. The minimum absolute atomic E-state index is 1.29. The summed E-state index contributed by atoms with van der Waals surface area (Å²) >= 11 is 15.1. The largest absolute Gasteiger partial charge is 0.141 e. The molecule has 0 aliphatic carbocycles. The molecule has 0 N–H and O–H groups in total. The van der Waals surface area contributed by atoms with Crippen molar-refractivity contribution in [2.45, 2.75) is 47.7 Å². The topological polar surface area (TPSA) is 0 Å². The van der Waals surface area contributed by atoms with Gasteiger partial charge < -0.3 is 0 Å². The second-order valence-electron chi connectivity index (χ2n) is 15.1. The average Bonchev–Trinajstić information content (AvgIpc) is 4.04. The van der Waals surface area contributed by atoms with E-state index in [4.69, 9.17) is 0 Å². The molecule has 0 amide bonds. The minimum atomic E-state index is -1.51. The molecular weight excluding hydrogens is 873 g/mol. The van der Waals surface area contributed by atoms with E-state index in [0.29, 0.717) is 0 Å². The van der Waals surface area contributed by atoms with Crippen LogP contribution in [0.15, 0.2) is 127 Å². The SMILES string of the molecule is Cc1ccc(-c2ccc(-c3cc(-c4ccc(-c5ccc(C)s5)s4)cc(-c4ccc(-c5ccc(C)s5)s4)c3)s2)s1.Cc1ccc(C2=CC=C(c3ccc(C)s3)[Si]2(C)C)s1. The molecule has 0 unspecified atom stereocenters. The number of rotatable bonds is 8. The molecule has 1 aromatic carbocycles. The summed E-state index contributed by atoms with van der Waals surface area (Å²) in [5.74, 6) is 0. The lowest BCUT2D eigenvalue weighted by Crippen LogP contribution is -2.27. The smallest absolute Gasteiger partial charge is 0.115 e. The van der Waals surface area contributed by atoms with Gasteiger partial charge in [-0.3, -0.25) is 0 Å². The van der Waals surface area contributed by atoms with E-state index in [1.807, 2.05) is 90.7 Å². The summed E-state index contributed by atoms with van der Waals surface area (Å²) in [5.41, 5.74) is 3.86. The molecule has 1 aliphatic rings. The number of allylic oxidation sites excluding steroid dienone is 2. The van der Waals surface area contributed by atoms with Gasteiger partial charge in [-0.1, -0.05) is 25.2 Å². The number of thiophene rings is 8. The molecule has 0 bridgehead atoms. The Morgan fingerprint density at radius 3 is 0.759 bits per heavy atom. The van der Waals surface area contributed by atoms with Gasteiger partial charge in [0.1, 0.15) is 8.07 Å². The maximum absolute atomic E-state index is 2.47. The van der Waals surface area contributed by atoms with Crippen LogP contribution in [0.3, 0.4) is 0 Å². The van der Waals surface area contributed by atoms with Gasteiger partial charge in [-0.05, 0) is 177 Å². The van der Waals surface area contributed by atoms with Crippen molar-refractivity contribution in [1.29, 1.82) is 0 Å². The molecule has 0 atom stereocenters. The van der Waals surface area contributed by atoms with Gasteiger partial charge in [-0.25, -0.2) is 0 Å². The predicted octanol–water partition coefficient (Wildman–Crippen LogP) is 18.7. The van der Waals surface area contributed by atoms with Crippen LogP contribution in [0.2, 0.25) is 13.1 Å². The lowest BCUT2D eigenvalue weighted by Gasteiger charge is -2.23. The number of aryl methyl sites for hydroxylation is 5. The van der Waals surface area contributed by atoms with Crippen molar-refractivity contribution in [2.75, 3.05) is 0 Å². The summed E-state index contributed by atoms with van der Waals surface area (Å²) in [7, 11) is -1.51. The van der Waals surface area contributed by atoms with Crippen LogP contribution in [0.4, 0.5) is 0 Å². The zero-order valence-corrected chi connectivity index (χ0v) is 40.9. The molecule has 9 heterocycles. The van der Waals surface area contributed by atoms with Gasteiger partial charge in [-0.15, -0.1) is 90.7 Å². The highest BCUT2D eigenvalue weighted by Gasteiger charge is 2.36. The molecule has 0 fully saturated rings. The van der Waals surface area contributed by atoms with Crippen LogP contribution in [-0.2, 0) is 0 Å². The molecule has 9 aromatic rings. The minimum Gasteiger partial charge on any atom is -0.141 e. The lowest BCUT2D eigenvalue weighted by atomic mass is 10.0. The summed E-state index contributed by atoms with van der Waals surface area (Å²) < 4.78 is 0. The van der Waals surface area contributed by atoms with Crippen LogP contribution >= 0.6 is 90.7 Å². The fourth-order valence-corrected chi connectivity index (χ4v) is 19.3. The second-order valence-corrected chi connectivity index (χ2v) is 29.1. The van der Waals surface area contributed by atoms with E-state index in [1.54, 1.807) is 10.4 Å². The first kappa shape index (κ1) is 40.0. The van der Waals surface area contributed by atoms with Crippen molar-refractivity contribution < 1.29 is 0 Å². The van der Waals surface area contributed by atoms with E-state index in [1.165, 1.54) is 94.7 Å². The van der Waals surface area contributed by atoms with E-state index < -0.39 is 8.07 Å². The molecule has 8 aromatic heterocycles. The van der Waals surface area contributed by atoms with E-state index in [2.05, 4.69) is 175 Å². The first-order valence-corrected chi connectivity index (χ1v) is 28.7. The zero-order chi connectivity index (χ0) is 40.1. The third-order valence-corrected chi connectivity index (χ3v) is 23.3. The molecule has 0 saturated heterocycles. The van der Waals surface area contributed by atoms with Gasteiger partial charge in [0.2, 0.25) is 0 Å². The van der Waals surface area contributed by atoms with E-state index in [0.717, 1.165) is 0 Å². The average molecular weight is 915 g/mol. The third kappa shape index (κ3) is 8.31.